The van der Waals surface area contributed by atoms with Crippen LogP contribution in [0.2, 0.25) is 0 Å². The van der Waals surface area contributed by atoms with Gasteiger partial charge in [0.05, 0.1) is 0 Å². The topological polar surface area (TPSA) is 43.9 Å². The molecular formula is C26H29F2N3O2. The Balaban J connectivity index is 1.24. The maximum atomic E-state index is 14.1. The van der Waals surface area contributed by atoms with E-state index in [4.69, 9.17) is 0 Å². The maximum Gasteiger partial charge on any atom is 0.229 e. The molecule has 2 saturated heterocycles. The zero-order valence-electron chi connectivity index (χ0n) is 18.7. The fourth-order valence-electron chi connectivity index (χ4n) is 5.63. The van der Waals surface area contributed by atoms with E-state index in [2.05, 4.69) is 9.80 Å². The second-order valence-corrected chi connectivity index (χ2v) is 9.31. The molecule has 0 radical (unpaired) electrons. The van der Waals surface area contributed by atoms with Gasteiger partial charge < -0.3 is 9.80 Å². The smallest absolute Gasteiger partial charge is 0.229 e. The summed E-state index contributed by atoms with van der Waals surface area (Å²) in [7, 11) is 0. The van der Waals surface area contributed by atoms with E-state index in [-0.39, 0.29) is 35.4 Å². The van der Waals surface area contributed by atoms with Crippen molar-refractivity contribution in [1.29, 1.82) is 0 Å². The lowest BCUT2D eigenvalue weighted by Gasteiger charge is -2.39. The average molecular weight is 454 g/mol. The molecule has 3 aliphatic heterocycles. The second kappa shape index (κ2) is 9.21. The minimum atomic E-state index is -0.267. The summed E-state index contributed by atoms with van der Waals surface area (Å²) in [6.07, 6.45) is 4.26. The largest absolute Gasteiger partial charge is 0.337 e. The third-order valence-electron chi connectivity index (χ3n) is 7.23. The highest BCUT2D eigenvalue weighted by atomic mass is 19.1. The molecule has 3 aliphatic rings. The first-order valence-corrected chi connectivity index (χ1v) is 11.9. The van der Waals surface area contributed by atoms with Crippen LogP contribution in [-0.2, 0) is 9.59 Å². The summed E-state index contributed by atoms with van der Waals surface area (Å²) < 4.78 is 27.6. The van der Waals surface area contributed by atoms with E-state index < -0.39 is 0 Å². The van der Waals surface area contributed by atoms with Gasteiger partial charge in [0.1, 0.15) is 11.6 Å². The van der Waals surface area contributed by atoms with Gasteiger partial charge in [-0.15, -0.1) is 0 Å². The standard InChI is InChI=1S/C26H29F2N3O2/c27-18-6-9-20(10-7-18)31-23-11-8-19(28)16-21(23)22-17-29(15-12-24(22)31)13-1-2-14-30-25(32)4-3-5-26(30)33/h6-11,16,22,24H,1-5,12-15,17H2. The Morgan fingerprint density at radius 3 is 2.33 bits per heavy atom. The number of halogens is 2. The highest BCUT2D eigenvalue weighted by Crippen LogP contribution is 2.48. The predicted molar refractivity (Wildman–Crippen MR) is 122 cm³/mol. The molecule has 5 rings (SSSR count). The molecular weight excluding hydrogens is 424 g/mol. The Kier molecular flexibility index (Phi) is 6.15. The van der Waals surface area contributed by atoms with Crippen LogP contribution in [0.3, 0.4) is 0 Å². The van der Waals surface area contributed by atoms with Crippen LogP contribution in [0.4, 0.5) is 20.2 Å². The van der Waals surface area contributed by atoms with Crippen molar-refractivity contribution < 1.29 is 18.4 Å². The molecule has 2 fully saturated rings. The summed E-state index contributed by atoms with van der Waals surface area (Å²) >= 11 is 0. The van der Waals surface area contributed by atoms with Gasteiger partial charge >= 0.3 is 0 Å². The highest BCUT2D eigenvalue weighted by molar-refractivity contribution is 5.97. The maximum absolute atomic E-state index is 14.1. The lowest BCUT2D eigenvalue weighted by molar-refractivity contribution is -0.148. The lowest BCUT2D eigenvalue weighted by Crippen LogP contribution is -2.45. The highest BCUT2D eigenvalue weighted by Gasteiger charge is 2.42. The Morgan fingerprint density at radius 2 is 1.58 bits per heavy atom. The van der Waals surface area contributed by atoms with Gasteiger partial charge in [0.2, 0.25) is 11.8 Å². The second-order valence-electron chi connectivity index (χ2n) is 9.31. The van der Waals surface area contributed by atoms with Gasteiger partial charge in [-0.1, -0.05) is 0 Å². The van der Waals surface area contributed by atoms with Gasteiger partial charge in [0.25, 0.3) is 0 Å². The predicted octanol–water partition coefficient (Wildman–Crippen LogP) is 4.59. The Hall–Kier alpha value is -2.80. The molecule has 2 aromatic carbocycles. The lowest BCUT2D eigenvalue weighted by atomic mass is 9.89. The Morgan fingerprint density at radius 1 is 0.879 bits per heavy atom. The van der Waals surface area contributed by atoms with Crippen molar-refractivity contribution in [2.45, 2.75) is 50.5 Å². The molecule has 174 valence electrons. The minimum absolute atomic E-state index is 0.0439. The fourth-order valence-corrected chi connectivity index (χ4v) is 5.63. The number of amides is 2. The molecule has 2 unspecified atom stereocenters. The molecule has 7 heteroatoms. The number of fused-ring (bicyclic) bond motifs is 3. The van der Waals surface area contributed by atoms with Crippen LogP contribution < -0.4 is 4.90 Å². The number of likely N-dealkylation sites (tertiary alicyclic amines) is 2. The van der Waals surface area contributed by atoms with Crippen LogP contribution in [0.15, 0.2) is 42.5 Å². The molecule has 0 aliphatic carbocycles. The number of nitrogens with zero attached hydrogens (tertiary/aromatic N) is 3. The van der Waals surface area contributed by atoms with Crippen LogP contribution in [0, 0.1) is 11.6 Å². The molecule has 0 saturated carbocycles. The summed E-state index contributed by atoms with van der Waals surface area (Å²) in [6, 6.07) is 11.7. The number of carbonyl (C=O) groups excluding carboxylic acids is 2. The summed E-state index contributed by atoms with van der Waals surface area (Å²) in [4.78, 5) is 30.0. The number of rotatable bonds is 6. The third kappa shape index (κ3) is 4.38. The van der Waals surface area contributed by atoms with Crippen LogP contribution in [0.25, 0.3) is 0 Å². The van der Waals surface area contributed by atoms with Crippen LogP contribution in [-0.4, -0.2) is 53.8 Å². The number of benzene rings is 2. The van der Waals surface area contributed by atoms with Gasteiger partial charge in [-0.3, -0.25) is 14.5 Å². The van der Waals surface area contributed by atoms with E-state index in [0.717, 1.165) is 55.8 Å². The van der Waals surface area contributed by atoms with E-state index in [1.807, 2.05) is 6.07 Å². The first-order valence-electron chi connectivity index (χ1n) is 11.9. The van der Waals surface area contributed by atoms with Crippen LogP contribution in [0.1, 0.15) is 50.0 Å². The van der Waals surface area contributed by atoms with Crippen LogP contribution in [0.5, 0.6) is 0 Å². The van der Waals surface area contributed by atoms with E-state index in [1.165, 1.54) is 23.1 Å². The number of imide groups is 1. The van der Waals surface area contributed by atoms with Crippen molar-refractivity contribution >= 4 is 23.2 Å². The van der Waals surface area contributed by atoms with Crippen molar-refractivity contribution in [1.82, 2.24) is 9.80 Å². The zero-order valence-corrected chi connectivity index (χ0v) is 18.7. The molecule has 5 nitrogen and oxygen atoms in total. The number of anilines is 2. The molecule has 2 aromatic rings. The number of hydrogen-bond donors (Lipinski definition) is 0. The SMILES string of the molecule is O=C1CCCC(=O)N1CCCCN1CCC2C(C1)c1cc(F)ccc1N2c1ccc(F)cc1. The molecule has 3 heterocycles. The normalized spacial score (nSPS) is 23.1. The summed E-state index contributed by atoms with van der Waals surface area (Å²) in [5, 5.41) is 0. The first-order chi connectivity index (χ1) is 16.0. The molecule has 0 N–H and O–H groups in total. The van der Waals surface area contributed by atoms with Gasteiger partial charge in [-0.05, 0) is 80.3 Å². The Labute approximate surface area is 193 Å². The van der Waals surface area contributed by atoms with E-state index >= 15 is 0 Å². The molecule has 2 atom stereocenters. The summed E-state index contributed by atoms with van der Waals surface area (Å²) in [5.74, 6) is -0.409. The van der Waals surface area contributed by atoms with Gasteiger partial charge in [-0.25, -0.2) is 8.78 Å². The van der Waals surface area contributed by atoms with E-state index in [1.54, 1.807) is 18.2 Å². The number of carbonyl (C=O) groups is 2. The summed E-state index contributed by atoms with van der Waals surface area (Å²) in [5.41, 5.74) is 2.95. The van der Waals surface area contributed by atoms with Crippen molar-refractivity contribution in [2.75, 3.05) is 31.1 Å². The van der Waals surface area contributed by atoms with E-state index in [0.29, 0.717) is 25.8 Å². The molecule has 0 spiro atoms. The van der Waals surface area contributed by atoms with Crippen molar-refractivity contribution in [3.8, 4) is 0 Å². The molecule has 33 heavy (non-hydrogen) atoms. The molecule has 0 bridgehead atoms. The van der Waals surface area contributed by atoms with Crippen LogP contribution >= 0.6 is 0 Å². The van der Waals surface area contributed by atoms with Crippen molar-refractivity contribution in [2.24, 2.45) is 0 Å². The Bertz CT molecular complexity index is 1030. The monoisotopic (exact) mass is 453 g/mol. The van der Waals surface area contributed by atoms with Gasteiger partial charge in [-0.2, -0.15) is 0 Å². The summed E-state index contributed by atoms with van der Waals surface area (Å²) in [6.45, 7) is 3.15. The number of unbranched alkanes of at least 4 members (excludes halogenated alkanes) is 1. The first kappa shape index (κ1) is 22.0. The number of piperidine rings is 2. The van der Waals surface area contributed by atoms with Crippen molar-refractivity contribution in [3.05, 3.63) is 59.7 Å². The van der Waals surface area contributed by atoms with Gasteiger partial charge in [0.15, 0.2) is 0 Å². The van der Waals surface area contributed by atoms with Crippen molar-refractivity contribution in [3.63, 3.8) is 0 Å². The van der Waals surface area contributed by atoms with Gasteiger partial charge in [0, 0.05) is 55.8 Å². The zero-order chi connectivity index (χ0) is 22.9. The van der Waals surface area contributed by atoms with E-state index in [9.17, 15) is 18.4 Å². The third-order valence-corrected chi connectivity index (χ3v) is 7.23. The average Bonchev–Trinajstić information content (AvgIpc) is 3.12. The molecule has 2 amide bonds. The minimum Gasteiger partial charge on any atom is -0.337 e. The number of hydrogen-bond acceptors (Lipinski definition) is 4. The fraction of sp³-hybridized carbons (Fsp3) is 0.462. The molecule has 0 aromatic heterocycles. The quantitative estimate of drug-likeness (QED) is 0.474.